The Hall–Kier alpha value is -8.32. The van der Waals surface area contributed by atoms with Gasteiger partial charge in [-0.05, 0) is 129 Å². The summed E-state index contributed by atoms with van der Waals surface area (Å²) in [6.45, 7) is 13.5. The van der Waals surface area contributed by atoms with Gasteiger partial charge in [-0.2, -0.15) is 0 Å². The summed E-state index contributed by atoms with van der Waals surface area (Å²) < 4.78 is 25.6. The number of methoxy groups -OCH3 is 2. The van der Waals surface area contributed by atoms with Gasteiger partial charge in [-0.1, -0.05) is 22.6 Å². The molecular formula is C52H74N14O12. The average molecular weight is 1090 g/mol. The third-order valence-electron chi connectivity index (χ3n) is 12.2. The van der Waals surface area contributed by atoms with E-state index < -0.39 is 95.1 Å². The number of aromatic nitrogens is 6. The number of carbonyl (C=O) groups is 8. The number of likely N-dealkylation sites (N-methyl/N-ethyl adjacent to an activating group) is 2. The standard InChI is InChI=1S/C52H74N14O12/c1-29-43(67)61-41(47(71)53-9)31-19-21-39(75-11)33(25-31)37-27-55-64-66(37)24-16-14-18-36(60-50(74)78-52(6,7)8)46(70)58-30(2)44(68)62-42(48(72)54-10)32-20-22-40(76-12)34(26-32)38-28-56-63-65(38)23-15-13-17-35(45(69)57-29)59-49(73)77-51(3,4)5/h19-22,25-30,35-36,41-42H,13-18,23-24H2,1-12H3,(H,53,71)(H,54,72)(H,57,69)(H,58,70)(H,59,73)(H,60,74)(H,61,67)(H,62,68)/t29-,30-,35+,36+,41+,42+/m1/s1. The predicted octanol–water partition coefficient (Wildman–Crippen LogP) is 2.88. The number of amides is 8. The Morgan fingerprint density at radius 3 is 1.27 bits per heavy atom. The van der Waals surface area contributed by atoms with Crippen LogP contribution in [-0.4, -0.2) is 141 Å². The molecule has 0 radical (unpaired) electrons. The third-order valence-corrected chi connectivity index (χ3v) is 12.2. The lowest BCUT2D eigenvalue weighted by atomic mass is 10.00. The number of nitrogens with one attached hydrogen (secondary N) is 8. The van der Waals surface area contributed by atoms with Crippen molar-refractivity contribution in [2.45, 2.75) is 154 Å². The van der Waals surface area contributed by atoms with Crippen molar-refractivity contribution in [2.24, 2.45) is 0 Å². The number of rotatable bonds is 6. The van der Waals surface area contributed by atoms with Crippen LogP contribution in [0.3, 0.4) is 0 Å². The highest BCUT2D eigenvalue weighted by molar-refractivity contribution is 5.95. The van der Waals surface area contributed by atoms with Crippen LogP contribution in [0.4, 0.5) is 9.59 Å². The van der Waals surface area contributed by atoms with Gasteiger partial charge in [-0.25, -0.2) is 19.0 Å². The monoisotopic (exact) mass is 1090 g/mol. The van der Waals surface area contributed by atoms with Crippen LogP contribution in [0, 0.1) is 0 Å². The van der Waals surface area contributed by atoms with Gasteiger partial charge in [-0.3, -0.25) is 28.8 Å². The molecule has 3 heterocycles. The molecule has 8 N–H and O–H groups in total. The normalized spacial score (nSPS) is 20.6. The molecule has 0 fully saturated rings. The number of hydrogen-bond acceptors (Lipinski definition) is 16. The molecule has 0 unspecified atom stereocenters. The van der Waals surface area contributed by atoms with E-state index in [1.165, 1.54) is 54.6 Å². The van der Waals surface area contributed by atoms with Gasteiger partial charge in [0, 0.05) is 38.3 Å². The van der Waals surface area contributed by atoms with Gasteiger partial charge in [0.1, 0.15) is 59.0 Å². The highest BCUT2D eigenvalue weighted by atomic mass is 16.6. The Bertz CT molecular complexity index is 2600. The second-order valence-corrected chi connectivity index (χ2v) is 20.6. The number of aryl methyl sites for hydroxylation is 2. The molecule has 424 valence electrons. The number of hydrogen-bond donors (Lipinski definition) is 8. The Kier molecular flexibility index (Phi) is 21.1. The molecule has 8 amide bonds. The molecule has 4 aromatic rings. The van der Waals surface area contributed by atoms with Crippen LogP contribution < -0.4 is 52.0 Å². The van der Waals surface area contributed by atoms with Crippen molar-refractivity contribution >= 4 is 47.6 Å². The molecule has 0 saturated heterocycles. The van der Waals surface area contributed by atoms with Gasteiger partial charge in [0.2, 0.25) is 35.4 Å². The molecule has 2 aromatic carbocycles. The molecule has 26 heteroatoms. The zero-order valence-electron chi connectivity index (χ0n) is 46.3. The van der Waals surface area contributed by atoms with Crippen molar-refractivity contribution in [3.63, 3.8) is 0 Å². The topological polar surface area (TPSA) is 331 Å². The molecule has 26 nitrogen and oxygen atoms in total. The highest BCUT2D eigenvalue weighted by Crippen LogP contribution is 2.34. The summed E-state index contributed by atoms with van der Waals surface area (Å²) >= 11 is 0. The Morgan fingerprint density at radius 1 is 0.564 bits per heavy atom. The lowest BCUT2D eigenvalue weighted by Crippen LogP contribution is -2.54. The number of ether oxygens (including phenoxy) is 4. The summed E-state index contributed by atoms with van der Waals surface area (Å²) in [5.41, 5.74) is 0.795. The summed E-state index contributed by atoms with van der Waals surface area (Å²) in [5, 5.41) is 38.1. The van der Waals surface area contributed by atoms with E-state index >= 15 is 0 Å². The third kappa shape index (κ3) is 16.8. The summed E-state index contributed by atoms with van der Waals surface area (Å²) in [5.74, 6) is -3.18. The largest absolute Gasteiger partial charge is 0.496 e. The fourth-order valence-corrected chi connectivity index (χ4v) is 8.31. The Balaban J connectivity index is 1.53. The molecule has 0 spiro atoms. The van der Waals surface area contributed by atoms with Gasteiger partial charge < -0.3 is 61.5 Å². The second-order valence-electron chi connectivity index (χ2n) is 20.6. The second kappa shape index (κ2) is 27.1. The highest BCUT2D eigenvalue weighted by Gasteiger charge is 2.33. The van der Waals surface area contributed by atoms with E-state index in [1.54, 1.807) is 87.3 Å². The van der Waals surface area contributed by atoms with Crippen LogP contribution in [-0.2, 0) is 51.3 Å². The van der Waals surface area contributed by atoms with Crippen molar-refractivity contribution in [1.29, 1.82) is 0 Å². The number of nitrogens with zero attached hydrogens (tertiary/aromatic N) is 6. The summed E-state index contributed by atoms with van der Waals surface area (Å²) in [7, 11) is 5.76. The first-order chi connectivity index (χ1) is 36.9. The first kappa shape index (κ1) is 60.5. The Morgan fingerprint density at radius 2 is 0.936 bits per heavy atom. The van der Waals surface area contributed by atoms with Crippen molar-refractivity contribution in [2.75, 3.05) is 28.3 Å². The summed E-state index contributed by atoms with van der Waals surface area (Å²) in [6, 6.07) is 2.46. The molecular weight excluding hydrogens is 1010 g/mol. The maximum absolute atomic E-state index is 14.0. The minimum absolute atomic E-state index is 0.0937. The van der Waals surface area contributed by atoms with Crippen LogP contribution in [0.1, 0.15) is 117 Å². The molecule has 4 bridgehead atoms. The zero-order valence-corrected chi connectivity index (χ0v) is 46.3. The first-order valence-electron chi connectivity index (χ1n) is 25.6. The van der Waals surface area contributed by atoms with Gasteiger partial charge in [0.15, 0.2) is 0 Å². The van der Waals surface area contributed by atoms with E-state index in [9.17, 15) is 38.4 Å². The van der Waals surface area contributed by atoms with Crippen molar-refractivity contribution in [1.82, 2.24) is 72.5 Å². The van der Waals surface area contributed by atoms with E-state index in [-0.39, 0.29) is 25.9 Å². The van der Waals surface area contributed by atoms with Crippen molar-refractivity contribution < 1.29 is 57.3 Å². The Labute approximate surface area is 452 Å². The number of fused-ring (bicyclic) bond motifs is 8. The van der Waals surface area contributed by atoms with E-state index in [2.05, 4.69) is 63.2 Å². The van der Waals surface area contributed by atoms with E-state index in [0.29, 0.717) is 70.8 Å². The lowest BCUT2D eigenvalue weighted by molar-refractivity contribution is -0.132. The molecule has 5 rings (SSSR count). The molecule has 0 saturated carbocycles. The van der Waals surface area contributed by atoms with Crippen LogP contribution in [0.25, 0.3) is 22.5 Å². The smallest absolute Gasteiger partial charge is 0.408 e. The maximum Gasteiger partial charge on any atom is 0.408 e. The zero-order chi connectivity index (χ0) is 57.5. The SMILES string of the molecule is CNC(=O)[C@H]1NC(=O)[C@@H](C)NC(=O)[C@@H](NC(=O)OC(C)(C)C)CCCCn2nncc2-c2cc(ccc2OC)[C@@H](C(=O)NC)NC(=O)[C@@H](C)NC(=O)[C@@H](NC(=O)OC(C)(C)C)CCCCn2nncc2-c2cc1ccc2OC. The fraction of sp³-hybridized carbons (Fsp3) is 0.538. The van der Waals surface area contributed by atoms with Crippen LogP contribution >= 0.6 is 0 Å². The number of benzene rings is 2. The summed E-state index contributed by atoms with van der Waals surface area (Å²) in [4.78, 5) is 109. The van der Waals surface area contributed by atoms with Crippen LogP contribution in [0.15, 0.2) is 48.8 Å². The molecule has 78 heavy (non-hydrogen) atoms. The molecule has 0 aliphatic carbocycles. The van der Waals surface area contributed by atoms with Crippen molar-refractivity contribution in [3.8, 4) is 34.0 Å². The number of alkyl carbamates (subject to hydrolysis) is 2. The quantitative estimate of drug-likeness (QED) is 0.138. The average Bonchev–Trinajstić information content (AvgIpc) is 4.06. The predicted molar refractivity (Wildman–Crippen MR) is 283 cm³/mol. The van der Waals surface area contributed by atoms with E-state index in [4.69, 9.17) is 18.9 Å². The summed E-state index contributed by atoms with van der Waals surface area (Å²) in [6.07, 6.45) is 2.97. The fourth-order valence-electron chi connectivity index (χ4n) is 8.31. The minimum Gasteiger partial charge on any atom is -0.496 e. The van der Waals surface area contributed by atoms with Gasteiger partial charge in [-0.15, -0.1) is 10.2 Å². The number of carbonyl (C=O) groups excluding carboxylic acids is 8. The van der Waals surface area contributed by atoms with Crippen LogP contribution in [0.2, 0.25) is 0 Å². The molecule has 1 aliphatic rings. The minimum atomic E-state index is -1.27. The van der Waals surface area contributed by atoms with Crippen LogP contribution in [0.5, 0.6) is 11.5 Å². The molecule has 2 aromatic heterocycles. The molecule has 6 atom stereocenters. The molecule has 1 aliphatic heterocycles. The van der Waals surface area contributed by atoms with Gasteiger partial charge in [0.25, 0.3) is 0 Å². The lowest BCUT2D eigenvalue weighted by Gasteiger charge is -2.25. The van der Waals surface area contributed by atoms with Gasteiger partial charge in [0.05, 0.1) is 38.0 Å². The van der Waals surface area contributed by atoms with E-state index in [1.807, 2.05) is 0 Å². The van der Waals surface area contributed by atoms with Gasteiger partial charge >= 0.3 is 12.2 Å². The van der Waals surface area contributed by atoms with Crippen molar-refractivity contribution in [3.05, 3.63) is 59.9 Å². The maximum atomic E-state index is 14.0. The van der Waals surface area contributed by atoms with E-state index in [0.717, 1.165) is 0 Å². The first-order valence-corrected chi connectivity index (χ1v) is 25.6.